The summed E-state index contributed by atoms with van der Waals surface area (Å²) in [4.78, 5) is 16.6. The summed E-state index contributed by atoms with van der Waals surface area (Å²) in [6.07, 6.45) is 6.96. The van der Waals surface area contributed by atoms with Gasteiger partial charge in [-0.15, -0.1) is 11.8 Å². The molecular formula is C16H18N2O3S. The minimum absolute atomic E-state index is 0.132. The van der Waals surface area contributed by atoms with Crippen molar-refractivity contribution in [3.63, 3.8) is 0 Å². The summed E-state index contributed by atoms with van der Waals surface area (Å²) in [6.45, 7) is 0.132. The van der Waals surface area contributed by atoms with Crippen LogP contribution in [0, 0.1) is 5.92 Å². The number of hydrogen-bond donors (Lipinski definition) is 2. The standard InChI is InChI=1S/C16H18N2O3S/c1-22-15-12(4-2-8-17-15)14(19)18-10-16(20,11-6-7-11)13-5-3-9-21-13/h2-5,8-9,11,20H,6-7,10H2,1H3,(H,18,19). The molecule has 1 saturated carbocycles. The number of furan rings is 1. The maximum atomic E-state index is 12.4. The van der Waals surface area contributed by atoms with Gasteiger partial charge in [0.2, 0.25) is 0 Å². The monoisotopic (exact) mass is 318 g/mol. The number of aliphatic hydroxyl groups is 1. The zero-order chi connectivity index (χ0) is 15.6. The topological polar surface area (TPSA) is 75.4 Å². The highest BCUT2D eigenvalue weighted by atomic mass is 32.2. The molecule has 6 heteroatoms. The zero-order valence-corrected chi connectivity index (χ0v) is 13.1. The van der Waals surface area contributed by atoms with Gasteiger partial charge in [0.15, 0.2) is 0 Å². The molecule has 22 heavy (non-hydrogen) atoms. The Kier molecular flexibility index (Phi) is 4.22. The SMILES string of the molecule is CSc1ncccc1C(=O)NCC(O)(c1ccco1)C1CC1. The van der Waals surface area contributed by atoms with Crippen molar-refractivity contribution in [3.8, 4) is 0 Å². The predicted octanol–water partition coefficient (Wildman–Crippen LogP) is 2.42. The van der Waals surface area contributed by atoms with Gasteiger partial charge in [-0.25, -0.2) is 4.98 Å². The maximum absolute atomic E-state index is 12.4. The highest BCUT2D eigenvalue weighted by Gasteiger charge is 2.47. The van der Waals surface area contributed by atoms with E-state index in [4.69, 9.17) is 4.42 Å². The number of nitrogens with zero attached hydrogens (tertiary/aromatic N) is 1. The molecule has 1 aliphatic rings. The van der Waals surface area contributed by atoms with Crippen LogP contribution in [-0.2, 0) is 5.60 Å². The van der Waals surface area contributed by atoms with Gasteiger partial charge in [0.1, 0.15) is 16.4 Å². The molecule has 1 atom stereocenters. The van der Waals surface area contributed by atoms with Gasteiger partial charge < -0.3 is 14.8 Å². The minimum atomic E-state index is -1.14. The highest BCUT2D eigenvalue weighted by molar-refractivity contribution is 7.98. The Morgan fingerprint density at radius 3 is 2.95 bits per heavy atom. The second-order valence-corrected chi connectivity index (χ2v) is 6.21. The molecule has 1 aliphatic carbocycles. The van der Waals surface area contributed by atoms with Crippen molar-refractivity contribution in [2.45, 2.75) is 23.5 Å². The number of carbonyl (C=O) groups is 1. The summed E-state index contributed by atoms with van der Waals surface area (Å²) in [5, 5.41) is 14.4. The number of rotatable bonds is 6. The van der Waals surface area contributed by atoms with Crippen molar-refractivity contribution < 1.29 is 14.3 Å². The van der Waals surface area contributed by atoms with Crippen LogP contribution in [-0.4, -0.2) is 28.8 Å². The lowest BCUT2D eigenvalue weighted by Crippen LogP contribution is -2.42. The molecule has 1 amide bonds. The van der Waals surface area contributed by atoms with Gasteiger partial charge in [-0.3, -0.25) is 4.79 Å². The lowest BCUT2D eigenvalue weighted by molar-refractivity contribution is -0.00613. The van der Waals surface area contributed by atoms with Crippen LogP contribution in [0.5, 0.6) is 0 Å². The van der Waals surface area contributed by atoms with E-state index in [0.717, 1.165) is 12.8 Å². The molecule has 2 aromatic heterocycles. The van der Waals surface area contributed by atoms with Crippen molar-refractivity contribution in [3.05, 3.63) is 48.0 Å². The predicted molar refractivity (Wildman–Crippen MR) is 83.7 cm³/mol. The zero-order valence-electron chi connectivity index (χ0n) is 12.3. The van der Waals surface area contributed by atoms with Gasteiger partial charge in [-0.1, -0.05) is 0 Å². The molecule has 5 nitrogen and oxygen atoms in total. The lowest BCUT2D eigenvalue weighted by atomic mass is 9.94. The van der Waals surface area contributed by atoms with Crippen molar-refractivity contribution in [1.29, 1.82) is 0 Å². The third-order valence-electron chi connectivity index (χ3n) is 3.93. The lowest BCUT2D eigenvalue weighted by Gasteiger charge is -2.26. The molecule has 116 valence electrons. The van der Waals surface area contributed by atoms with Gasteiger partial charge in [0.05, 0.1) is 18.4 Å². The average molecular weight is 318 g/mol. The van der Waals surface area contributed by atoms with E-state index in [1.807, 2.05) is 6.26 Å². The molecule has 2 aromatic rings. The molecule has 1 unspecified atom stereocenters. The van der Waals surface area contributed by atoms with Gasteiger partial charge >= 0.3 is 0 Å². The van der Waals surface area contributed by atoms with Crippen molar-refractivity contribution in [1.82, 2.24) is 10.3 Å². The number of amides is 1. The number of thioether (sulfide) groups is 1. The molecule has 0 aliphatic heterocycles. The molecule has 2 heterocycles. The Labute approximate surface area is 133 Å². The second kappa shape index (κ2) is 6.14. The first kappa shape index (κ1) is 15.1. The van der Waals surface area contributed by atoms with Crippen molar-refractivity contribution in [2.75, 3.05) is 12.8 Å². The van der Waals surface area contributed by atoms with Crippen LogP contribution in [0.25, 0.3) is 0 Å². The van der Waals surface area contributed by atoms with Crippen LogP contribution in [0.15, 0.2) is 46.2 Å². The smallest absolute Gasteiger partial charge is 0.254 e. The van der Waals surface area contributed by atoms with Crippen LogP contribution in [0.4, 0.5) is 0 Å². The summed E-state index contributed by atoms with van der Waals surface area (Å²) in [7, 11) is 0. The molecule has 1 fully saturated rings. The van der Waals surface area contributed by atoms with E-state index in [1.165, 1.54) is 18.0 Å². The van der Waals surface area contributed by atoms with Crippen LogP contribution in [0.3, 0.4) is 0 Å². The number of aromatic nitrogens is 1. The second-order valence-electron chi connectivity index (χ2n) is 5.42. The fourth-order valence-corrected chi connectivity index (χ4v) is 3.10. The Morgan fingerprint density at radius 2 is 2.32 bits per heavy atom. The Balaban J connectivity index is 1.74. The van der Waals surface area contributed by atoms with Gasteiger partial charge in [0.25, 0.3) is 5.91 Å². The number of nitrogens with one attached hydrogen (secondary N) is 1. The molecular weight excluding hydrogens is 300 g/mol. The van der Waals surface area contributed by atoms with Crippen molar-refractivity contribution in [2.24, 2.45) is 5.92 Å². The first-order valence-corrected chi connectivity index (χ1v) is 8.41. The number of pyridine rings is 1. The molecule has 0 radical (unpaired) electrons. The maximum Gasteiger partial charge on any atom is 0.254 e. The summed E-state index contributed by atoms with van der Waals surface area (Å²) < 4.78 is 5.37. The van der Waals surface area contributed by atoms with E-state index < -0.39 is 5.60 Å². The first-order valence-electron chi connectivity index (χ1n) is 7.18. The Hall–Kier alpha value is -1.79. The molecule has 0 bridgehead atoms. The van der Waals surface area contributed by atoms with E-state index in [1.54, 1.807) is 30.5 Å². The quantitative estimate of drug-likeness (QED) is 0.800. The minimum Gasteiger partial charge on any atom is -0.466 e. The highest BCUT2D eigenvalue weighted by Crippen LogP contribution is 2.45. The fraction of sp³-hybridized carbons (Fsp3) is 0.375. The van der Waals surface area contributed by atoms with E-state index in [9.17, 15) is 9.90 Å². The van der Waals surface area contributed by atoms with Gasteiger partial charge in [-0.2, -0.15) is 0 Å². The summed E-state index contributed by atoms with van der Waals surface area (Å²) in [5.41, 5.74) is -0.617. The van der Waals surface area contributed by atoms with E-state index in [2.05, 4.69) is 10.3 Å². The third kappa shape index (κ3) is 2.89. The average Bonchev–Trinajstić information content (AvgIpc) is 3.27. The molecule has 0 aromatic carbocycles. The summed E-state index contributed by atoms with van der Waals surface area (Å²) >= 11 is 1.42. The van der Waals surface area contributed by atoms with Gasteiger partial charge in [0, 0.05) is 6.20 Å². The molecule has 3 rings (SSSR count). The normalized spacial score (nSPS) is 17.0. The van der Waals surface area contributed by atoms with Gasteiger partial charge in [-0.05, 0) is 49.3 Å². The molecule has 0 spiro atoms. The Bertz CT molecular complexity index is 655. The molecule has 2 N–H and O–H groups in total. The van der Waals surface area contributed by atoms with Crippen LogP contribution < -0.4 is 5.32 Å². The first-order chi connectivity index (χ1) is 10.6. The number of carbonyl (C=O) groups excluding carboxylic acids is 1. The van der Waals surface area contributed by atoms with E-state index >= 15 is 0 Å². The molecule has 0 saturated heterocycles. The van der Waals surface area contributed by atoms with Crippen molar-refractivity contribution >= 4 is 17.7 Å². The van der Waals surface area contributed by atoms with E-state index in [-0.39, 0.29) is 18.4 Å². The Morgan fingerprint density at radius 1 is 1.50 bits per heavy atom. The summed E-state index contributed by atoms with van der Waals surface area (Å²) in [5.74, 6) is 0.405. The fourth-order valence-electron chi connectivity index (χ4n) is 2.55. The van der Waals surface area contributed by atoms with Crippen LogP contribution >= 0.6 is 11.8 Å². The number of hydrogen-bond acceptors (Lipinski definition) is 5. The largest absolute Gasteiger partial charge is 0.466 e. The van der Waals surface area contributed by atoms with Crippen LogP contribution in [0.2, 0.25) is 0 Å². The third-order valence-corrected chi connectivity index (χ3v) is 4.64. The van der Waals surface area contributed by atoms with E-state index in [0.29, 0.717) is 16.3 Å². The van der Waals surface area contributed by atoms with Crippen LogP contribution in [0.1, 0.15) is 29.0 Å². The summed E-state index contributed by atoms with van der Waals surface area (Å²) in [6, 6.07) is 6.96.